The molecule has 0 fully saturated rings. The van der Waals surface area contributed by atoms with E-state index in [9.17, 15) is 9.59 Å². The molecular weight excluding hydrogens is 348 g/mol. The summed E-state index contributed by atoms with van der Waals surface area (Å²) in [6, 6.07) is 7.11. The van der Waals surface area contributed by atoms with Crippen LogP contribution in [0.5, 0.6) is 0 Å². The lowest BCUT2D eigenvalue weighted by atomic mass is 10.1. The fraction of sp³-hybridized carbons (Fsp3) is 0.619. The van der Waals surface area contributed by atoms with Crippen molar-refractivity contribution in [1.82, 2.24) is 5.32 Å². The maximum absolute atomic E-state index is 12.4. The number of benzene rings is 1. The highest BCUT2D eigenvalue weighted by molar-refractivity contribution is 6.18. The van der Waals surface area contributed by atoms with Crippen LogP contribution in [0.3, 0.4) is 0 Å². The molecule has 0 saturated heterocycles. The lowest BCUT2D eigenvalue weighted by Gasteiger charge is -2.11. The SMILES string of the molecule is CCCCCCCCCCNC(=O)c1ccccc1NC(=O)CCCCl. The number of hydrogen-bond donors (Lipinski definition) is 2. The number of nitrogens with one attached hydrogen (secondary N) is 2. The van der Waals surface area contributed by atoms with E-state index in [-0.39, 0.29) is 11.8 Å². The summed E-state index contributed by atoms with van der Waals surface area (Å²) in [6.45, 7) is 2.90. The number of hydrogen-bond acceptors (Lipinski definition) is 2. The summed E-state index contributed by atoms with van der Waals surface area (Å²) in [5.74, 6) is 0.198. The predicted molar refractivity (Wildman–Crippen MR) is 110 cm³/mol. The highest BCUT2D eigenvalue weighted by Crippen LogP contribution is 2.16. The van der Waals surface area contributed by atoms with Crippen LogP contribution in [0.1, 0.15) is 81.5 Å². The van der Waals surface area contributed by atoms with E-state index in [0.717, 1.165) is 12.8 Å². The lowest BCUT2D eigenvalue weighted by molar-refractivity contribution is -0.116. The van der Waals surface area contributed by atoms with Crippen molar-refractivity contribution in [2.45, 2.75) is 71.1 Å². The average molecular weight is 381 g/mol. The Morgan fingerprint density at radius 3 is 2.27 bits per heavy atom. The smallest absolute Gasteiger partial charge is 0.253 e. The van der Waals surface area contributed by atoms with Crippen LogP contribution in [0.4, 0.5) is 5.69 Å². The van der Waals surface area contributed by atoms with Gasteiger partial charge in [-0.15, -0.1) is 11.6 Å². The standard InChI is InChI=1S/C21H33ClN2O2/c1-2-3-4-5-6-7-8-11-17-23-21(26)18-13-9-10-14-19(18)24-20(25)15-12-16-22/h9-10,13-14H,2-8,11-12,15-17H2,1H3,(H,23,26)(H,24,25). The summed E-state index contributed by atoms with van der Waals surface area (Å²) in [7, 11) is 0. The second-order valence-corrected chi connectivity index (χ2v) is 7.00. The number of anilines is 1. The van der Waals surface area contributed by atoms with Crippen molar-refractivity contribution in [3.63, 3.8) is 0 Å². The molecule has 1 aromatic carbocycles. The summed E-state index contributed by atoms with van der Waals surface area (Å²) in [6.07, 6.45) is 10.9. The minimum atomic E-state index is -0.138. The molecule has 4 nitrogen and oxygen atoms in total. The number of unbranched alkanes of at least 4 members (excludes halogenated alkanes) is 7. The van der Waals surface area contributed by atoms with Gasteiger partial charge in [0.2, 0.25) is 5.91 Å². The van der Waals surface area contributed by atoms with E-state index in [1.54, 1.807) is 18.2 Å². The van der Waals surface area contributed by atoms with Gasteiger partial charge in [-0.3, -0.25) is 9.59 Å². The molecule has 0 spiro atoms. The van der Waals surface area contributed by atoms with Gasteiger partial charge in [-0.2, -0.15) is 0 Å². The van der Waals surface area contributed by atoms with E-state index in [2.05, 4.69) is 17.6 Å². The quantitative estimate of drug-likeness (QED) is 0.330. The molecule has 26 heavy (non-hydrogen) atoms. The van der Waals surface area contributed by atoms with Crippen molar-refractivity contribution in [3.05, 3.63) is 29.8 Å². The average Bonchev–Trinajstić information content (AvgIpc) is 2.65. The van der Waals surface area contributed by atoms with Crippen molar-refractivity contribution >= 4 is 29.1 Å². The van der Waals surface area contributed by atoms with Crippen LogP contribution in [-0.2, 0) is 4.79 Å². The predicted octanol–water partition coefficient (Wildman–Crippen LogP) is 5.51. The van der Waals surface area contributed by atoms with Crippen LogP contribution < -0.4 is 10.6 Å². The van der Waals surface area contributed by atoms with Crippen molar-refractivity contribution in [3.8, 4) is 0 Å². The Balaban J connectivity index is 2.30. The molecule has 1 rings (SSSR count). The van der Waals surface area contributed by atoms with E-state index in [1.807, 2.05) is 6.07 Å². The van der Waals surface area contributed by atoms with Gasteiger partial charge in [0.15, 0.2) is 0 Å². The second-order valence-electron chi connectivity index (χ2n) is 6.62. The van der Waals surface area contributed by atoms with Crippen LogP contribution in [0.2, 0.25) is 0 Å². The molecule has 0 saturated carbocycles. The normalized spacial score (nSPS) is 10.5. The van der Waals surface area contributed by atoms with Crippen molar-refractivity contribution in [2.75, 3.05) is 17.7 Å². The first-order valence-corrected chi connectivity index (χ1v) is 10.5. The summed E-state index contributed by atoms with van der Waals surface area (Å²) in [5, 5.41) is 5.76. The molecule has 0 radical (unpaired) electrons. The van der Waals surface area contributed by atoms with Gasteiger partial charge < -0.3 is 10.6 Å². The van der Waals surface area contributed by atoms with Gasteiger partial charge in [0, 0.05) is 18.8 Å². The molecule has 0 bridgehead atoms. The van der Waals surface area contributed by atoms with Gasteiger partial charge in [0.25, 0.3) is 5.91 Å². The molecule has 1 aromatic rings. The Bertz CT molecular complexity index is 534. The van der Waals surface area contributed by atoms with Crippen LogP contribution in [0, 0.1) is 0 Å². The van der Waals surface area contributed by atoms with Gasteiger partial charge in [0.05, 0.1) is 11.3 Å². The minimum absolute atomic E-state index is 0.117. The molecule has 2 N–H and O–H groups in total. The Kier molecular flexibility index (Phi) is 12.6. The summed E-state index contributed by atoms with van der Waals surface area (Å²) in [4.78, 5) is 24.3. The lowest BCUT2D eigenvalue weighted by Crippen LogP contribution is -2.26. The third kappa shape index (κ3) is 9.81. The first-order valence-electron chi connectivity index (χ1n) is 9.92. The van der Waals surface area contributed by atoms with Crippen molar-refractivity contribution in [2.24, 2.45) is 0 Å². The minimum Gasteiger partial charge on any atom is -0.352 e. The van der Waals surface area contributed by atoms with Crippen molar-refractivity contribution in [1.29, 1.82) is 0 Å². The van der Waals surface area contributed by atoms with E-state index < -0.39 is 0 Å². The highest BCUT2D eigenvalue weighted by Gasteiger charge is 2.12. The van der Waals surface area contributed by atoms with Crippen LogP contribution >= 0.6 is 11.6 Å². The Morgan fingerprint density at radius 1 is 0.923 bits per heavy atom. The van der Waals surface area contributed by atoms with Crippen molar-refractivity contribution < 1.29 is 9.59 Å². The molecule has 0 aromatic heterocycles. The van der Waals surface area contributed by atoms with Gasteiger partial charge in [-0.05, 0) is 25.0 Å². The van der Waals surface area contributed by atoms with Gasteiger partial charge in [0.1, 0.15) is 0 Å². The zero-order valence-electron chi connectivity index (χ0n) is 16.0. The number of alkyl halides is 1. The number of rotatable bonds is 14. The second kappa shape index (κ2) is 14.6. The molecule has 0 unspecified atom stereocenters. The third-order valence-electron chi connectivity index (χ3n) is 4.30. The number of carbonyl (C=O) groups is 2. The van der Waals surface area contributed by atoms with Crippen LogP contribution in [-0.4, -0.2) is 24.2 Å². The fourth-order valence-corrected chi connectivity index (χ4v) is 2.92. The summed E-state index contributed by atoms with van der Waals surface area (Å²) >= 11 is 5.61. The monoisotopic (exact) mass is 380 g/mol. The maximum atomic E-state index is 12.4. The van der Waals surface area contributed by atoms with Crippen LogP contribution in [0.15, 0.2) is 24.3 Å². The zero-order chi connectivity index (χ0) is 19.0. The Hall–Kier alpha value is -1.55. The molecule has 146 valence electrons. The summed E-state index contributed by atoms with van der Waals surface area (Å²) in [5.41, 5.74) is 1.06. The highest BCUT2D eigenvalue weighted by atomic mass is 35.5. The molecule has 2 amide bonds. The van der Waals surface area contributed by atoms with Crippen LogP contribution in [0.25, 0.3) is 0 Å². The number of para-hydroxylation sites is 1. The Labute approximate surface area is 163 Å². The molecule has 5 heteroatoms. The summed E-state index contributed by atoms with van der Waals surface area (Å²) < 4.78 is 0. The zero-order valence-corrected chi connectivity index (χ0v) is 16.7. The molecule has 0 atom stereocenters. The van der Waals surface area contributed by atoms with E-state index >= 15 is 0 Å². The number of amides is 2. The van der Waals surface area contributed by atoms with E-state index in [1.165, 1.54) is 38.5 Å². The topological polar surface area (TPSA) is 58.2 Å². The third-order valence-corrected chi connectivity index (χ3v) is 4.57. The van der Waals surface area contributed by atoms with Gasteiger partial charge in [-0.25, -0.2) is 0 Å². The fourth-order valence-electron chi connectivity index (χ4n) is 2.79. The van der Waals surface area contributed by atoms with Gasteiger partial charge in [-0.1, -0.05) is 64.0 Å². The Morgan fingerprint density at radius 2 is 1.58 bits per heavy atom. The molecule has 0 aliphatic rings. The molecular formula is C21H33ClN2O2. The molecule has 0 aliphatic carbocycles. The first kappa shape index (κ1) is 22.5. The first-order chi connectivity index (χ1) is 12.7. The number of carbonyl (C=O) groups excluding carboxylic acids is 2. The number of halogens is 1. The maximum Gasteiger partial charge on any atom is 0.253 e. The van der Waals surface area contributed by atoms with Gasteiger partial charge >= 0.3 is 0 Å². The molecule has 0 aliphatic heterocycles. The van der Waals surface area contributed by atoms with E-state index in [4.69, 9.17) is 11.6 Å². The molecule has 0 heterocycles. The van der Waals surface area contributed by atoms with E-state index in [0.29, 0.717) is 36.5 Å². The largest absolute Gasteiger partial charge is 0.352 e.